The summed E-state index contributed by atoms with van der Waals surface area (Å²) in [7, 11) is 3.87. The van der Waals surface area contributed by atoms with Gasteiger partial charge < -0.3 is 15.1 Å². The molecule has 1 atom stereocenters. The molecule has 1 unspecified atom stereocenters. The summed E-state index contributed by atoms with van der Waals surface area (Å²) in [6.45, 7) is 6.08. The summed E-state index contributed by atoms with van der Waals surface area (Å²) in [5.41, 5.74) is 2.75. The van der Waals surface area contributed by atoms with Crippen LogP contribution in [0.3, 0.4) is 0 Å². The van der Waals surface area contributed by atoms with Gasteiger partial charge in [-0.25, -0.2) is 4.39 Å². The van der Waals surface area contributed by atoms with E-state index in [9.17, 15) is 14.0 Å². The zero-order valence-electron chi connectivity index (χ0n) is 17.1. The fourth-order valence-electron chi connectivity index (χ4n) is 3.04. The fourth-order valence-corrected chi connectivity index (χ4v) is 3.04. The first-order valence-corrected chi connectivity index (χ1v) is 9.37. The van der Waals surface area contributed by atoms with Crippen molar-refractivity contribution in [3.63, 3.8) is 0 Å². The topological polar surface area (TPSA) is 52.7 Å². The van der Waals surface area contributed by atoms with Gasteiger partial charge in [-0.1, -0.05) is 13.0 Å². The first-order chi connectivity index (χ1) is 13.2. The van der Waals surface area contributed by atoms with Gasteiger partial charge in [0.05, 0.1) is 0 Å². The maximum absolute atomic E-state index is 13.4. The van der Waals surface area contributed by atoms with E-state index in [1.165, 1.54) is 18.2 Å². The highest BCUT2D eigenvalue weighted by molar-refractivity contribution is 6.04. The Bertz CT molecular complexity index is 851. The summed E-state index contributed by atoms with van der Waals surface area (Å²) in [5.74, 6) is -0.830. The number of hydrogen-bond acceptors (Lipinski definition) is 3. The molecule has 2 amide bonds. The third kappa shape index (κ3) is 5.31. The largest absolute Gasteiger partial charge is 0.377 e. The van der Waals surface area contributed by atoms with Gasteiger partial charge in [-0.15, -0.1) is 0 Å². The van der Waals surface area contributed by atoms with Gasteiger partial charge in [0.25, 0.3) is 5.91 Å². The number of benzene rings is 2. The van der Waals surface area contributed by atoms with Crippen molar-refractivity contribution >= 4 is 23.2 Å². The molecule has 1 N–H and O–H groups in total. The minimum atomic E-state index is -0.457. The molecule has 2 aromatic rings. The van der Waals surface area contributed by atoms with E-state index in [4.69, 9.17) is 0 Å². The third-order valence-electron chi connectivity index (χ3n) is 4.77. The van der Waals surface area contributed by atoms with Crippen molar-refractivity contribution in [1.29, 1.82) is 0 Å². The standard InChI is InChI=1S/C22H28FN3O2/c1-6-15(2)26(16(3)27)14-18-13-20(10-11-21(18)25(4)5)24-22(28)17-8-7-9-19(23)12-17/h7-13,15H,6,14H2,1-5H3,(H,24,28). The molecule has 0 saturated heterocycles. The Balaban J connectivity index is 2.31. The van der Waals surface area contributed by atoms with Crippen LogP contribution >= 0.6 is 0 Å². The minimum Gasteiger partial charge on any atom is -0.377 e. The normalized spacial score (nSPS) is 11.6. The Morgan fingerprint density at radius 1 is 1.14 bits per heavy atom. The molecule has 6 heteroatoms. The molecule has 0 bridgehead atoms. The van der Waals surface area contributed by atoms with Crippen LogP contribution in [0.15, 0.2) is 42.5 Å². The summed E-state index contributed by atoms with van der Waals surface area (Å²) < 4.78 is 13.4. The van der Waals surface area contributed by atoms with Crippen molar-refractivity contribution in [1.82, 2.24) is 4.90 Å². The number of hydrogen-bond donors (Lipinski definition) is 1. The van der Waals surface area contributed by atoms with E-state index >= 15 is 0 Å². The molecule has 2 aromatic carbocycles. The fraction of sp³-hybridized carbons (Fsp3) is 0.364. The lowest BCUT2D eigenvalue weighted by atomic mass is 10.1. The van der Waals surface area contributed by atoms with Crippen molar-refractivity contribution < 1.29 is 14.0 Å². The number of nitrogens with zero attached hydrogens (tertiary/aromatic N) is 2. The van der Waals surface area contributed by atoms with Crippen LogP contribution < -0.4 is 10.2 Å². The molecule has 0 radical (unpaired) electrons. The van der Waals surface area contributed by atoms with E-state index in [-0.39, 0.29) is 23.4 Å². The van der Waals surface area contributed by atoms with Crippen LogP contribution in [0.25, 0.3) is 0 Å². The molecule has 0 aromatic heterocycles. The molecule has 0 saturated carbocycles. The van der Waals surface area contributed by atoms with E-state index in [1.54, 1.807) is 19.1 Å². The second-order valence-electron chi connectivity index (χ2n) is 7.11. The molecule has 0 aliphatic heterocycles. The van der Waals surface area contributed by atoms with Crippen LogP contribution in [0, 0.1) is 5.82 Å². The van der Waals surface area contributed by atoms with Crippen molar-refractivity contribution in [2.75, 3.05) is 24.3 Å². The monoisotopic (exact) mass is 385 g/mol. The smallest absolute Gasteiger partial charge is 0.255 e. The molecule has 0 spiro atoms. The van der Waals surface area contributed by atoms with Gasteiger partial charge in [0.15, 0.2) is 0 Å². The Morgan fingerprint density at radius 3 is 2.43 bits per heavy atom. The lowest BCUT2D eigenvalue weighted by Crippen LogP contribution is -2.36. The van der Waals surface area contributed by atoms with Gasteiger partial charge in [-0.05, 0) is 55.3 Å². The number of carbonyl (C=O) groups excluding carboxylic acids is 2. The highest BCUT2D eigenvalue weighted by Gasteiger charge is 2.18. The first-order valence-electron chi connectivity index (χ1n) is 9.37. The van der Waals surface area contributed by atoms with E-state index < -0.39 is 5.82 Å². The van der Waals surface area contributed by atoms with Crippen molar-refractivity contribution in [3.05, 3.63) is 59.4 Å². The average Bonchev–Trinajstić information content (AvgIpc) is 2.65. The maximum atomic E-state index is 13.4. The number of anilines is 2. The van der Waals surface area contributed by atoms with Crippen LogP contribution in [0.1, 0.15) is 43.1 Å². The van der Waals surface area contributed by atoms with Crippen LogP contribution in [-0.2, 0) is 11.3 Å². The predicted octanol–water partition coefficient (Wildman–Crippen LogP) is 4.29. The zero-order valence-corrected chi connectivity index (χ0v) is 17.1. The molecule has 5 nitrogen and oxygen atoms in total. The van der Waals surface area contributed by atoms with E-state index in [0.717, 1.165) is 17.7 Å². The summed E-state index contributed by atoms with van der Waals surface area (Å²) in [5, 5.41) is 2.81. The Morgan fingerprint density at radius 2 is 1.86 bits per heavy atom. The molecule has 0 aliphatic carbocycles. The van der Waals surface area contributed by atoms with Crippen LogP contribution in [0.4, 0.5) is 15.8 Å². The highest BCUT2D eigenvalue weighted by Crippen LogP contribution is 2.26. The van der Waals surface area contributed by atoms with Gasteiger partial charge >= 0.3 is 0 Å². The second kappa shape index (κ2) is 9.35. The summed E-state index contributed by atoms with van der Waals surface area (Å²) >= 11 is 0. The molecule has 150 valence electrons. The molecule has 0 heterocycles. The first kappa shape index (κ1) is 21.4. The SMILES string of the molecule is CCC(C)N(Cc1cc(NC(=O)c2cccc(F)c2)ccc1N(C)C)C(C)=O. The number of carbonyl (C=O) groups is 2. The number of nitrogens with one attached hydrogen (secondary N) is 1. The van der Waals surface area contributed by atoms with Crippen LogP contribution in [0.2, 0.25) is 0 Å². The van der Waals surface area contributed by atoms with E-state index in [0.29, 0.717) is 12.2 Å². The maximum Gasteiger partial charge on any atom is 0.255 e. The molecule has 28 heavy (non-hydrogen) atoms. The average molecular weight is 385 g/mol. The Labute approximate surface area is 166 Å². The molecular weight excluding hydrogens is 357 g/mol. The lowest BCUT2D eigenvalue weighted by molar-refractivity contribution is -0.131. The van der Waals surface area contributed by atoms with Crippen molar-refractivity contribution in [2.45, 2.75) is 39.8 Å². The lowest BCUT2D eigenvalue weighted by Gasteiger charge is -2.29. The molecular formula is C22H28FN3O2. The second-order valence-corrected chi connectivity index (χ2v) is 7.11. The number of amides is 2. The van der Waals surface area contributed by atoms with Gasteiger partial charge in [-0.3, -0.25) is 9.59 Å². The third-order valence-corrected chi connectivity index (χ3v) is 4.77. The summed E-state index contributed by atoms with van der Waals surface area (Å²) in [6, 6.07) is 11.2. The van der Waals surface area contributed by atoms with Crippen molar-refractivity contribution in [3.8, 4) is 0 Å². The zero-order chi connectivity index (χ0) is 20.8. The molecule has 0 aliphatic rings. The molecule has 2 rings (SSSR count). The predicted molar refractivity (Wildman–Crippen MR) is 111 cm³/mol. The Hall–Kier alpha value is -2.89. The number of rotatable bonds is 7. The quantitative estimate of drug-likeness (QED) is 0.773. The van der Waals surface area contributed by atoms with E-state index in [1.807, 2.05) is 49.9 Å². The van der Waals surface area contributed by atoms with E-state index in [2.05, 4.69) is 5.32 Å². The van der Waals surface area contributed by atoms with Gasteiger partial charge in [0.2, 0.25) is 5.91 Å². The Kier molecular flexibility index (Phi) is 7.15. The van der Waals surface area contributed by atoms with Crippen LogP contribution in [0.5, 0.6) is 0 Å². The molecule has 0 fully saturated rings. The van der Waals surface area contributed by atoms with Gasteiger partial charge in [0, 0.05) is 50.5 Å². The van der Waals surface area contributed by atoms with Gasteiger partial charge in [-0.2, -0.15) is 0 Å². The van der Waals surface area contributed by atoms with Gasteiger partial charge in [0.1, 0.15) is 5.82 Å². The number of halogens is 1. The van der Waals surface area contributed by atoms with Crippen molar-refractivity contribution in [2.24, 2.45) is 0 Å². The summed E-state index contributed by atoms with van der Waals surface area (Å²) in [4.78, 5) is 28.3. The minimum absolute atomic E-state index is 0.00764. The van der Waals surface area contributed by atoms with Crippen LogP contribution in [-0.4, -0.2) is 36.9 Å². The highest BCUT2D eigenvalue weighted by atomic mass is 19.1. The summed E-state index contributed by atoms with van der Waals surface area (Å²) in [6.07, 6.45) is 0.854.